The summed E-state index contributed by atoms with van der Waals surface area (Å²) < 4.78 is 54.7. The molecule has 0 aromatic heterocycles. The van der Waals surface area contributed by atoms with Crippen LogP contribution in [0.4, 0.5) is 28.9 Å². The van der Waals surface area contributed by atoms with E-state index in [0.29, 0.717) is 11.4 Å². The lowest BCUT2D eigenvalue weighted by Gasteiger charge is -2.31. The zero-order chi connectivity index (χ0) is 22.6. The van der Waals surface area contributed by atoms with Crippen molar-refractivity contribution in [3.63, 3.8) is 0 Å². The summed E-state index contributed by atoms with van der Waals surface area (Å²) in [7, 11) is 0. The Labute approximate surface area is 178 Å². The van der Waals surface area contributed by atoms with Gasteiger partial charge in [-0.2, -0.15) is 13.2 Å². The van der Waals surface area contributed by atoms with Gasteiger partial charge in [-0.15, -0.1) is 0 Å². The Morgan fingerprint density at radius 3 is 2.23 bits per heavy atom. The highest BCUT2D eigenvalue weighted by Gasteiger charge is 2.46. The first-order chi connectivity index (χ1) is 13.8. The third-order valence-corrected chi connectivity index (χ3v) is 5.62. The van der Waals surface area contributed by atoms with E-state index in [0.717, 1.165) is 6.07 Å². The number of alkyl halides is 3. The Kier molecular flexibility index (Phi) is 5.18. The second-order valence-electron chi connectivity index (χ2n) is 7.65. The van der Waals surface area contributed by atoms with E-state index in [1.54, 1.807) is 17.0 Å². The van der Waals surface area contributed by atoms with Crippen molar-refractivity contribution in [2.45, 2.75) is 32.5 Å². The van der Waals surface area contributed by atoms with Crippen molar-refractivity contribution in [3.05, 3.63) is 77.8 Å². The van der Waals surface area contributed by atoms with E-state index in [1.807, 2.05) is 13.8 Å². The minimum atomic E-state index is -4.50. The van der Waals surface area contributed by atoms with Crippen LogP contribution in [-0.4, -0.2) is 10.7 Å². The van der Waals surface area contributed by atoms with Crippen LogP contribution in [0.5, 0.6) is 0 Å². The lowest BCUT2D eigenvalue weighted by molar-refractivity contribution is -0.138. The van der Waals surface area contributed by atoms with Crippen LogP contribution in [0, 0.1) is 12.7 Å². The fraction of sp³-hybridized carbons (Fsp3) is 0.227. The first-order valence-corrected chi connectivity index (χ1v) is 9.43. The average Bonchev–Trinajstić information content (AvgIpc) is 2.79. The van der Waals surface area contributed by atoms with E-state index in [2.05, 4.69) is 13.2 Å². The van der Waals surface area contributed by atoms with Gasteiger partial charge in [-0.25, -0.2) is 4.39 Å². The number of benzene rings is 2. The highest BCUT2D eigenvalue weighted by atomic mass is 32.1. The quantitative estimate of drug-likeness (QED) is 0.474. The number of halogens is 4. The van der Waals surface area contributed by atoms with Crippen LogP contribution in [0.15, 0.2) is 55.3 Å². The molecule has 0 unspecified atom stereocenters. The molecular weight excluding hydrogens is 414 g/mol. The maximum absolute atomic E-state index is 14.5. The SMILES string of the molecule is C=C(N)c1ccc(N2C(=S)N(c3ccc(C)c(C(F)(F)F)c3)C(=C)C2(C)C)cc1F. The van der Waals surface area contributed by atoms with Crippen molar-refractivity contribution in [1.29, 1.82) is 0 Å². The summed E-state index contributed by atoms with van der Waals surface area (Å²) in [5.74, 6) is -0.572. The zero-order valence-corrected chi connectivity index (χ0v) is 17.6. The third kappa shape index (κ3) is 3.45. The van der Waals surface area contributed by atoms with Crippen molar-refractivity contribution in [2.75, 3.05) is 9.80 Å². The normalized spacial score (nSPS) is 16.4. The molecule has 2 aromatic carbocycles. The summed E-state index contributed by atoms with van der Waals surface area (Å²) in [5.41, 5.74) is 5.55. The maximum atomic E-state index is 14.5. The van der Waals surface area contributed by atoms with Gasteiger partial charge in [0, 0.05) is 28.3 Å². The van der Waals surface area contributed by atoms with Crippen molar-refractivity contribution < 1.29 is 17.6 Å². The van der Waals surface area contributed by atoms with Crippen molar-refractivity contribution >= 4 is 34.4 Å². The molecule has 1 saturated heterocycles. The molecule has 1 heterocycles. The number of anilines is 2. The summed E-state index contributed by atoms with van der Waals surface area (Å²) in [5, 5.41) is 0.195. The zero-order valence-electron chi connectivity index (χ0n) is 16.8. The van der Waals surface area contributed by atoms with Gasteiger partial charge in [0.25, 0.3) is 0 Å². The molecular formula is C22H21F4N3S. The molecule has 2 N–H and O–H groups in total. The number of nitrogens with zero attached hydrogens (tertiary/aromatic N) is 2. The number of rotatable bonds is 3. The predicted molar refractivity (Wildman–Crippen MR) is 117 cm³/mol. The molecule has 3 nitrogen and oxygen atoms in total. The lowest BCUT2D eigenvalue weighted by Crippen LogP contribution is -2.41. The molecule has 0 radical (unpaired) electrons. The van der Waals surface area contributed by atoms with Crippen LogP contribution >= 0.6 is 12.2 Å². The van der Waals surface area contributed by atoms with Crippen LogP contribution in [0.1, 0.15) is 30.5 Å². The summed E-state index contributed by atoms with van der Waals surface area (Å²) >= 11 is 5.59. The molecule has 1 aliphatic rings. The minimum absolute atomic E-state index is 0.0904. The first-order valence-electron chi connectivity index (χ1n) is 9.02. The van der Waals surface area contributed by atoms with Gasteiger partial charge in [-0.1, -0.05) is 19.2 Å². The molecule has 0 atom stereocenters. The van der Waals surface area contributed by atoms with Gasteiger partial charge < -0.3 is 10.6 Å². The summed E-state index contributed by atoms with van der Waals surface area (Å²) in [6.07, 6.45) is -4.50. The molecule has 0 saturated carbocycles. The molecule has 1 aliphatic heterocycles. The highest BCUT2D eigenvalue weighted by molar-refractivity contribution is 7.80. The van der Waals surface area contributed by atoms with Crippen LogP contribution < -0.4 is 15.5 Å². The van der Waals surface area contributed by atoms with Gasteiger partial charge in [0.05, 0.1) is 11.1 Å². The van der Waals surface area contributed by atoms with E-state index < -0.39 is 23.1 Å². The first kappa shape index (κ1) is 21.8. The molecule has 30 heavy (non-hydrogen) atoms. The molecule has 158 valence electrons. The Balaban J connectivity index is 2.10. The summed E-state index contributed by atoms with van der Waals surface area (Å²) in [6.45, 7) is 12.6. The lowest BCUT2D eigenvalue weighted by atomic mass is 9.99. The molecule has 3 rings (SSSR count). The van der Waals surface area contributed by atoms with Crippen molar-refractivity contribution in [3.8, 4) is 0 Å². The van der Waals surface area contributed by atoms with Gasteiger partial charge in [0.15, 0.2) is 5.11 Å². The number of thiocarbonyl (C=S) groups is 1. The summed E-state index contributed by atoms with van der Waals surface area (Å²) in [6, 6.07) is 8.40. The Morgan fingerprint density at radius 2 is 1.70 bits per heavy atom. The van der Waals surface area contributed by atoms with E-state index >= 15 is 0 Å². The Bertz CT molecular complexity index is 1070. The average molecular weight is 435 g/mol. The van der Waals surface area contributed by atoms with E-state index in [1.165, 1.54) is 30.0 Å². The molecule has 8 heteroatoms. The van der Waals surface area contributed by atoms with Crippen LogP contribution in [0.2, 0.25) is 0 Å². The molecule has 0 bridgehead atoms. The number of nitrogens with two attached hydrogens (primary N) is 1. The largest absolute Gasteiger partial charge is 0.416 e. The minimum Gasteiger partial charge on any atom is -0.399 e. The Hall–Kier alpha value is -2.87. The maximum Gasteiger partial charge on any atom is 0.416 e. The van der Waals surface area contributed by atoms with E-state index in [4.69, 9.17) is 18.0 Å². The molecule has 0 aliphatic carbocycles. The van der Waals surface area contributed by atoms with Gasteiger partial charge >= 0.3 is 6.18 Å². The standard InChI is InChI=1S/C22H21F4N3S/c1-12-6-7-15(10-18(12)22(24,25)26)28-14(3)21(4,5)29(20(28)30)16-8-9-17(13(2)27)19(23)11-16/h6-11H,2-3,27H2,1,4-5H3. The van der Waals surface area contributed by atoms with Crippen LogP contribution in [-0.2, 0) is 6.18 Å². The van der Waals surface area contributed by atoms with Gasteiger partial charge in [0.1, 0.15) is 5.82 Å². The van der Waals surface area contributed by atoms with Crippen molar-refractivity contribution in [1.82, 2.24) is 0 Å². The van der Waals surface area contributed by atoms with E-state index in [-0.39, 0.29) is 27.6 Å². The number of aryl methyl sites for hydroxylation is 1. The van der Waals surface area contributed by atoms with Crippen LogP contribution in [0.3, 0.4) is 0 Å². The molecule has 0 amide bonds. The van der Waals surface area contributed by atoms with Gasteiger partial charge in [-0.3, -0.25) is 4.90 Å². The van der Waals surface area contributed by atoms with Gasteiger partial charge in [0.2, 0.25) is 0 Å². The fourth-order valence-electron chi connectivity index (χ4n) is 3.51. The third-order valence-electron chi connectivity index (χ3n) is 5.26. The highest BCUT2D eigenvalue weighted by Crippen LogP contribution is 2.43. The van der Waals surface area contributed by atoms with Gasteiger partial charge in [-0.05, 0) is 68.9 Å². The predicted octanol–water partition coefficient (Wildman–Crippen LogP) is 5.99. The monoisotopic (exact) mass is 435 g/mol. The number of hydrogen-bond acceptors (Lipinski definition) is 2. The number of hydrogen-bond donors (Lipinski definition) is 1. The Morgan fingerprint density at radius 1 is 1.10 bits per heavy atom. The molecule has 2 aromatic rings. The topological polar surface area (TPSA) is 32.5 Å². The summed E-state index contributed by atoms with van der Waals surface area (Å²) in [4.78, 5) is 3.14. The molecule has 0 spiro atoms. The van der Waals surface area contributed by atoms with Crippen molar-refractivity contribution in [2.24, 2.45) is 5.73 Å². The fourth-order valence-corrected chi connectivity index (χ4v) is 4.06. The smallest absolute Gasteiger partial charge is 0.399 e. The van der Waals surface area contributed by atoms with E-state index in [9.17, 15) is 17.6 Å². The molecule has 1 fully saturated rings. The van der Waals surface area contributed by atoms with Crippen LogP contribution in [0.25, 0.3) is 5.70 Å². The second-order valence-corrected chi connectivity index (χ2v) is 8.01. The second kappa shape index (κ2) is 7.12.